The number of ether oxygens (including phenoxy) is 2. The summed E-state index contributed by atoms with van der Waals surface area (Å²) in [6.45, 7) is 6.18. The van der Waals surface area contributed by atoms with Gasteiger partial charge in [-0.15, -0.1) is 0 Å². The molecule has 0 radical (unpaired) electrons. The van der Waals surface area contributed by atoms with Crippen LogP contribution in [0.2, 0.25) is 0 Å². The minimum atomic E-state index is -0.0450. The Kier molecular flexibility index (Phi) is 5.67. The van der Waals surface area contributed by atoms with Crippen LogP contribution in [-0.2, 0) is 11.3 Å². The number of likely N-dealkylation sites (N-methyl/N-ethyl adjacent to an activating group) is 1. The molecule has 1 amide bonds. The van der Waals surface area contributed by atoms with Crippen LogP contribution in [0, 0.1) is 0 Å². The molecule has 1 N–H and O–H groups in total. The molecule has 29 heavy (non-hydrogen) atoms. The van der Waals surface area contributed by atoms with Crippen LogP contribution in [0.1, 0.15) is 31.0 Å². The van der Waals surface area contributed by atoms with Crippen molar-refractivity contribution in [3.63, 3.8) is 0 Å². The number of nitrogens with one attached hydrogen (secondary N) is 1. The topological polar surface area (TPSA) is 50.8 Å². The van der Waals surface area contributed by atoms with Gasteiger partial charge in [0.05, 0.1) is 12.6 Å². The van der Waals surface area contributed by atoms with Crippen molar-refractivity contribution in [1.29, 1.82) is 0 Å². The van der Waals surface area contributed by atoms with Crippen molar-refractivity contribution in [3.8, 4) is 11.5 Å². The Morgan fingerprint density at radius 1 is 1.03 bits per heavy atom. The van der Waals surface area contributed by atoms with Gasteiger partial charge in [0.15, 0.2) is 11.5 Å². The molecule has 0 saturated heterocycles. The molecule has 0 aromatic heterocycles. The molecule has 5 nitrogen and oxygen atoms in total. The minimum Gasteiger partial charge on any atom is -0.454 e. The van der Waals surface area contributed by atoms with E-state index in [0.29, 0.717) is 13.1 Å². The van der Waals surface area contributed by atoms with E-state index in [0.717, 1.165) is 29.2 Å². The van der Waals surface area contributed by atoms with E-state index >= 15 is 0 Å². The van der Waals surface area contributed by atoms with Crippen LogP contribution in [0.5, 0.6) is 11.5 Å². The first-order valence-corrected chi connectivity index (χ1v) is 10.0. The monoisotopic (exact) mass is 390 g/mol. The standard InChI is InChI=1S/C24H26N2O3/c1-3-26(14-18-8-11-22-23(12-18)29-16-28-22)15-24(27)25-17(2)20-10-9-19-6-4-5-7-21(19)13-20/h4-13,17H,3,14-16H2,1-2H3,(H,25,27). The minimum absolute atomic E-state index is 0.0215. The van der Waals surface area contributed by atoms with Crippen molar-refractivity contribution in [2.75, 3.05) is 19.9 Å². The number of hydrogen-bond donors (Lipinski definition) is 1. The van der Waals surface area contributed by atoms with Gasteiger partial charge in [0.2, 0.25) is 12.7 Å². The molecule has 3 aromatic rings. The Morgan fingerprint density at radius 3 is 2.66 bits per heavy atom. The third kappa shape index (κ3) is 4.51. The SMILES string of the molecule is CCN(CC(=O)NC(C)c1ccc2ccccc2c1)Cc1ccc2c(c1)OCO2. The molecule has 0 saturated carbocycles. The van der Waals surface area contributed by atoms with Crippen molar-refractivity contribution in [1.82, 2.24) is 10.2 Å². The van der Waals surface area contributed by atoms with E-state index in [1.807, 2.05) is 37.3 Å². The Morgan fingerprint density at radius 2 is 1.83 bits per heavy atom. The number of benzene rings is 3. The maximum absolute atomic E-state index is 12.6. The molecule has 0 aliphatic carbocycles. The highest BCUT2D eigenvalue weighted by atomic mass is 16.7. The first-order valence-electron chi connectivity index (χ1n) is 10.0. The predicted octanol–water partition coefficient (Wildman–Crippen LogP) is 4.27. The van der Waals surface area contributed by atoms with E-state index in [1.54, 1.807) is 0 Å². The lowest BCUT2D eigenvalue weighted by atomic mass is 10.0. The normalized spacial score (nSPS) is 13.6. The molecule has 0 bridgehead atoms. The van der Waals surface area contributed by atoms with Gasteiger partial charge in [-0.05, 0) is 53.6 Å². The number of fused-ring (bicyclic) bond motifs is 2. The van der Waals surface area contributed by atoms with Crippen molar-refractivity contribution in [2.24, 2.45) is 0 Å². The van der Waals surface area contributed by atoms with Gasteiger partial charge in [-0.2, -0.15) is 0 Å². The lowest BCUT2D eigenvalue weighted by molar-refractivity contribution is -0.123. The predicted molar refractivity (Wildman–Crippen MR) is 114 cm³/mol. The summed E-state index contributed by atoms with van der Waals surface area (Å²) in [6.07, 6.45) is 0. The maximum Gasteiger partial charge on any atom is 0.234 e. The van der Waals surface area contributed by atoms with Crippen molar-refractivity contribution in [2.45, 2.75) is 26.4 Å². The Hall–Kier alpha value is -3.05. The average Bonchev–Trinajstić information content (AvgIpc) is 3.20. The van der Waals surface area contributed by atoms with Crippen LogP contribution in [-0.4, -0.2) is 30.7 Å². The number of amides is 1. The summed E-state index contributed by atoms with van der Waals surface area (Å²) in [5.74, 6) is 1.57. The van der Waals surface area contributed by atoms with Crippen molar-refractivity contribution in [3.05, 3.63) is 71.8 Å². The largest absolute Gasteiger partial charge is 0.454 e. The second-order valence-corrected chi connectivity index (χ2v) is 7.39. The number of hydrogen-bond acceptors (Lipinski definition) is 4. The van der Waals surface area contributed by atoms with E-state index in [9.17, 15) is 4.79 Å². The fourth-order valence-corrected chi connectivity index (χ4v) is 3.63. The molecule has 3 aromatic carbocycles. The fourth-order valence-electron chi connectivity index (χ4n) is 3.63. The zero-order chi connectivity index (χ0) is 20.2. The van der Waals surface area contributed by atoms with Gasteiger partial charge < -0.3 is 14.8 Å². The Balaban J connectivity index is 1.36. The average molecular weight is 390 g/mol. The summed E-state index contributed by atoms with van der Waals surface area (Å²) in [5.41, 5.74) is 2.21. The molecular weight excluding hydrogens is 364 g/mol. The lowest BCUT2D eigenvalue weighted by Crippen LogP contribution is -2.38. The summed E-state index contributed by atoms with van der Waals surface area (Å²) in [4.78, 5) is 14.8. The Labute approximate surface area is 171 Å². The number of nitrogens with zero attached hydrogens (tertiary/aromatic N) is 1. The van der Waals surface area contributed by atoms with Crippen LogP contribution < -0.4 is 14.8 Å². The van der Waals surface area contributed by atoms with Crippen molar-refractivity contribution < 1.29 is 14.3 Å². The molecule has 4 rings (SSSR count). The third-order valence-electron chi connectivity index (χ3n) is 5.31. The van der Waals surface area contributed by atoms with Gasteiger partial charge in [-0.25, -0.2) is 0 Å². The third-order valence-corrected chi connectivity index (χ3v) is 5.31. The summed E-state index contributed by atoms with van der Waals surface area (Å²) >= 11 is 0. The van der Waals surface area contributed by atoms with Gasteiger partial charge in [0.25, 0.3) is 0 Å². The van der Waals surface area contributed by atoms with Gasteiger partial charge >= 0.3 is 0 Å². The van der Waals surface area contributed by atoms with Crippen molar-refractivity contribution >= 4 is 16.7 Å². The molecule has 0 fully saturated rings. The molecule has 1 heterocycles. The van der Waals surface area contributed by atoms with E-state index in [1.165, 1.54) is 10.8 Å². The van der Waals surface area contributed by atoms with E-state index < -0.39 is 0 Å². The van der Waals surface area contributed by atoms with Gasteiger partial charge in [-0.3, -0.25) is 9.69 Å². The van der Waals surface area contributed by atoms with Gasteiger partial charge in [0.1, 0.15) is 0 Å². The van der Waals surface area contributed by atoms with Crippen LogP contribution in [0.25, 0.3) is 10.8 Å². The molecular formula is C24H26N2O3. The molecule has 1 aliphatic heterocycles. The summed E-state index contributed by atoms with van der Waals surface area (Å²) < 4.78 is 10.8. The molecule has 150 valence electrons. The lowest BCUT2D eigenvalue weighted by Gasteiger charge is -2.22. The first-order chi connectivity index (χ1) is 14.1. The highest BCUT2D eigenvalue weighted by Crippen LogP contribution is 2.32. The number of carbonyl (C=O) groups is 1. The first kappa shape index (κ1) is 19.3. The van der Waals surface area contributed by atoms with Gasteiger partial charge in [-0.1, -0.05) is 49.4 Å². The zero-order valence-electron chi connectivity index (χ0n) is 16.9. The summed E-state index contributed by atoms with van der Waals surface area (Å²) in [7, 11) is 0. The number of carbonyl (C=O) groups excluding carboxylic acids is 1. The summed E-state index contributed by atoms with van der Waals surface area (Å²) in [5, 5.41) is 5.52. The molecule has 1 aliphatic rings. The molecule has 1 atom stereocenters. The van der Waals surface area contributed by atoms with Gasteiger partial charge in [0, 0.05) is 6.54 Å². The smallest absolute Gasteiger partial charge is 0.234 e. The fraction of sp³-hybridized carbons (Fsp3) is 0.292. The molecule has 1 unspecified atom stereocenters. The van der Waals surface area contributed by atoms with Crippen LogP contribution in [0.15, 0.2) is 60.7 Å². The molecule has 0 spiro atoms. The highest BCUT2D eigenvalue weighted by molar-refractivity contribution is 5.83. The van der Waals surface area contributed by atoms with Crippen LogP contribution in [0.3, 0.4) is 0 Å². The maximum atomic E-state index is 12.6. The zero-order valence-corrected chi connectivity index (χ0v) is 16.9. The van der Waals surface area contributed by atoms with Crippen LogP contribution in [0.4, 0.5) is 0 Å². The summed E-state index contributed by atoms with van der Waals surface area (Å²) in [6, 6.07) is 20.5. The number of rotatable bonds is 7. The van der Waals surface area contributed by atoms with E-state index in [4.69, 9.17) is 9.47 Å². The Bertz CT molecular complexity index is 1020. The van der Waals surface area contributed by atoms with Crippen LogP contribution >= 0.6 is 0 Å². The van der Waals surface area contributed by atoms with E-state index in [2.05, 4.69) is 47.5 Å². The molecule has 5 heteroatoms. The quantitative estimate of drug-likeness (QED) is 0.655. The second kappa shape index (κ2) is 8.53. The van der Waals surface area contributed by atoms with E-state index in [-0.39, 0.29) is 18.7 Å². The highest BCUT2D eigenvalue weighted by Gasteiger charge is 2.16. The second-order valence-electron chi connectivity index (χ2n) is 7.39.